The van der Waals surface area contributed by atoms with Gasteiger partial charge in [-0.3, -0.25) is 4.98 Å². The lowest BCUT2D eigenvalue weighted by Crippen LogP contribution is -2.30. The van der Waals surface area contributed by atoms with Crippen LogP contribution in [-0.2, 0) is 11.3 Å². The number of aromatic nitrogens is 4. The molecule has 162 valence electrons. The summed E-state index contributed by atoms with van der Waals surface area (Å²) >= 11 is 0. The smallest absolute Gasteiger partial charge is 0.141 e. The molecule has 5 heterocycles. The van der Waals surface area contributed by atoms with Gasteiger partial charge in [-0.1, -0.05) is 12.1 Å². The topological polar surface area (TPSA) is 89.8 Å². The van der Waals surface area contributed by atoms with E-state index in [1.165, 1.54) is 0 Å². The fourth-order valence-corrected chi connectivity index (χ4v) is 4.59. The minimum atomic E-state index is 0.156. The van der Waals surface area contributed by atoms with Crippen molar-refractivity contribution in [1.82, 2.24) is 19.7 Å². The van der Waals surface area contributed by atoms with Crippen LogP contribution in [0, 0.1) is 30.6 Å². The van der Waals surface area contributed by atoms with E-state index < -0.39 is 0 Å². The number of pyridine rings is 2. The van der Waals surface area contributed by atoms with Crippen molar-refractivity contribution in [2.75, 3.05) is 13.2 Å². The van der Waals surface area contributed by atoms with Crippen LogP contribution in [0.3, 0.4) is 0 Å². The van der Waals surface area contributed by atoms with E-state index in [2.05, 4.69) is 40.0 Å². The molecule has 0 aromatic carbocycles. The Labute approximate surface area is 186 Å². The highest BCUT2D eigenvalue weighted by molar-refractivity contribution is 5.95. The maximum absolute atomic E-state index is 9.10. The quantitative estimate of drug-likeness (QED) is 0.452. The Balaban J connectivity index is 1.66. The predicted molar refractivity (Wildman–Crippen MR) is 121 cm³/mol. The molecule has 4 aromatic heterocycles. The maximum Gasteiger partial charge on any atom is 0.141 e. The van der Waals surface area contributed by atoms with Crippen molar-refractivity contribution >= 4 is 11.0 Å². The van der Waals surface area contributed by atoms with Gasteiger partial charge in [0.1, 0.15) is 17.5 Å². The fourth-order valence-electron chi connectivity index (χ4n) is 4.59. The van der Waals surface area contributed by atoms with Gasteiger partial charge in [0.15, 0.2) is 0 Å². The lowest BCUT2D eigenvalue weighted by molar-refractivity contribution is 0.0161. The molecule has 4 aromatic rings. The second kappa shape index (κ2) is 7.88. The van der Waals surface area contributed by atoms with Gasteiger partial charge in [-0.2, -0.15) is 5.26 Å². The molecule has 7 heteroatoms. The van der Waals surface area contributed by atoms with E-state index in [-0.39, 0.29) is 5.41 Å². The first-order valence-electron chi connectivity index (χ1n) is 10.8. The molecule has 0 saturated carbocycles. The van der Waals surface area contributed by atoms with Crippen LogP contribution in [0.1, 0.15) is 36.9 Å². The molecule has 0 atom stereocenters. The summed E-state index contributed by atoms with van der Waals surface area (Å²) < 4.78 is 13.3. The van der Waals surface area contributed by atoms with E-state index >= 15 is 0 Å². The summed E-state index contributed by atoms with van der Waals surface area (Å²) in [6.07, 6.45) is 7.85. The van der Waals surface area contributed by atoms with Crippen LogP contribution in [0.25, 0.3) is 33.3 Å². The molecular weight excluding hydrogens is 402 g/mol. The van der Waals surface area contributed by atoms with Gasteiger partial charge >= 0.3 is 0 Å². The number of nitrogens with zero attached hydrogens (tertiary/aromatic N) is 5. The molecule has 1 aliphatic rings. The van der Waals surface area contributed by atoms with Gasteiger partial charge in [0.05, 0.1) is 16.7 Å². The molecule has 0 bridgehead atoms. The first kappa shape index (κ1) is 20.4. The van der Waals surface area contributed by atoms with E-state index in [1.54, 1.807) is 12.3 Å². The number of rotatable bonds is 4. The first-order chi connectivity index (χ1) is 15.5. The summed E-state index contributed by atoms with van der Waals surface area (Å²) in [5.41, 5.74) is 7.35. The number of nitriles is 1. The average molecular weight is 428 g/mol. The molecule has 0 unspecified atom stereocenters. The van der Waals surface area contributed by atoms with Gasteiger partial charge in [-0.05, 0) is 50.3 Å². The Hall–Kier alpha value is -3.50. The summed E-state index contributed by atoms with van der Waals surface area (Å²) in [5, 5.41) is 13.2. The third-order valence-corrected chi connectivity index (χ3v) is 6.48. The van der Waals surface area contributed by atoms with Gasteiger partial charge in [0.2, 0.25) is 0 Å². The first-order valence-corrected chi connectivity index (χ1v) is 10.8. The zero-order valence-corrected chi connectivity index (χ0v) is 18.6. The molecule has 0 amide bonds. The fraction of sp³-hybridized carbons (Fsp3) is 0.360. The highest BCUT2D eigenvalue weighted by Crippen LogP contribution is 2.37. The number of aryl methyl sites for hydroxylation is 2. The maximum atomic E-state index is 9.10. The van der Waals surface area contributed by atoms with E-state index in [0.29, 0.717) is 5.69 Å². The summed E-state index contributed by atoms with van der Waals surface area (Å²) in [7, 11) is 0. The van der Waals surface area contributed by atoms with Crippen LogP contribution < -0.4 is 0 Å². The number of hydrogen-bond donors (Lipinski definition) is 0. The van der Waals surface area contributed by atoms with E-state index in [9.17, 15) is 0 Å². The van der Waals surface area contributed by atoms with Gasteiger partial charge in [-0.25, -0.2) is 4.98 Å². The number of fused-ring (bicyclic) bond motifs is 1. The molecule has 5 rings (SSSR count). The lowest BCUT2D eigenvalue weighted by Gasteiger charge is -2.34. The van der Waals surface area contributed by atoms with Gasteiger partial charge in [0.25, 0.3) is 0 Å². The number of ether oxygens (including phenoxy) is 1. The minimum Gasteiger partial charge on any atom is -0.381 e. The van der Waals surface area contributed by atoms with Crippen molar-refractivity contribution in [1.29, 1.82) is 5.26 Å². The summed E-state index contributed by atoms with van der Waals surface area (Å²) in [5.74, 6) is 0.787. The molecule has 7 nitrogen and oxygen atoms in total. The largest absolute Gasteiger partial charge is 0.381 e. The molecule has 32 heavy (non-hydrogen) atoms. The minimum absolute atomic E-state index is 0.156. The van der Waals surface area contributed by atoms with Crippen LogP contribution in [0.2, 0.25) is 0 Å². The van der Waals surface area contributed by atoms with Crippen LogP contribution in [0.5, 0.6) is 0 Å². The molecule has 1 saturated heterocycles. The summed E-state index contributed by atoms with van der Waals surface area (Å²) in [4.78, 5) is 9.13. The van der Waals surface area contributed by atoms with Crippen molar-refractivity contribution in [3.05, 3.63) is 53.9 Å². The molecule has 1 aliphatic heterocycles. The van der Waals surface area contributed by atoms with Crippen molar-refractivity contribution in [2.24, 2.45) is 5.41 Å². The SMILES string of the molecule is Cc1noc(C)c1-c1cnc2c(-c3ccc(C#N)nc3)cn(CC3(C)CCOCC3)c2c1. The molecule has 0 spiro atoms. The van der Waals surface area contributed by atoms with Crippen molar-refractivity contribution in [3.8, 4) is 28.3 Å². The molecule has 1 fully saturated rings. The monoisotopic (exact) mass is 427 g/mol. The normalized spacial score (nSPS) is 15.7. The third kappa shape index (κ3) is 3.57. The standard InChI is InChI=1S/C25H25N5O2/c1-16-23(17(2)32-29-16)19-10-22-24(28-13-19)21(18-4-5-20(11-26)27-12-18)14-30(22)15-25(3)6-8-31-9-7-25/h4-5,10,12-14H,6-9,15H2,1-3H3. The predicted octanol–water partition coefficient (Wildman–Crippen LogP) is 5.06. The molecule has 0 aliphatic carbocycles. The highest BCUT2D eigenvalue weighted by atomic mass is 16.5. The van der Waals surface area contributed by atoms with Gasteiger partial charge in [0, 0.05) is 60.6 Å². The Morgan fingerprint density at radius 2 is 1.91 bits per heavy atom. The average Bonchev–Trinajstić information content (AvgIpc) is 3.33. The molecular formula is C25H25N5O2. The van der Waals surface area contributed by atoms with Crippen LogP contribution in [0.4, 0.5) is 0 Å². The Morgan fingerprint density at radius 3 is 2.56 bits per heavy atom. The van der Waals surface area contributed by atoms with Crippen LogP contribution in [-0.4, -0.2) is 32.9 Å². The van der Waals surface area contributed by atoms with E-state index in [1.807, 2.05) is 26.1 Å². The van der Waals surface area contributed by atoms with Crippen LogP contribution in [0.15, 0.2) is 41.3 Å². The second-order valence-corrected chi connectivity index (χ2v) is 8.93. The zero-order valence-electron chi connectivity index (χ0n) is 18.6. The highest BCUT2D eigenvalue weighted by Gasteiger charge is 2.29. The third-order valence-electron chi connectivity index (χ3n) is 6.48. The van der Waals surface area contributed by atoms with Crippen molar-refractivity contribution in [3.63, 3.8) is 0 Å². The van der Waals surface area contributed by atoms with E-state index in [0.717, 1.165) is 77.3 Å². The Bertz CT molecular complexity index is 1300. The summed E-state index contributed by atoms with van der Waals surface area (Å²) in [6, 6.07) is 7.94. The molecule has 0 radical (unpaired) electrons. The van der Waals surface area contributed by atoms with Gasteiger partial charge < -0.3 is 13.8 Å². The van der Waals surface area contributed by atoms with E-state index in [4.69, 9.17) is 19.5 Å². The number of hydrogen-bond acceptors (Lipinski definition) is 6. The van der Waals surface area contributed by atoms with Crippen molar-refractivity contribution in [2.45, 2.75) is 40.2 Å². The van der Waals surface area contributed by atoms with Gasteiger partial charge in [-0.15, -0.1) is 0 Å². The molecule has 0 N–H and O–H groups in total. The lowest BCUT2D eigenvalue weighted by atomic mass is 9.82. The van der Waals surface area contributed by atoms with Crippen LogP contribution >= 0.6 is 0 Å². The Kier molecular flexibility index (Phi) is 5.03. The second-order valence-electron chi connectivity index (χ2n) is 8.93. The van der Waals surface area contributed by atoms with Crippen molar-refractivity contribution < 1.29 is 9.26 Å². The Morgan fingerprint density at radius 1 is 1.12 bits per heavy atom. The zero-order chi connectivity index (χ0) is 22.3. The summed E-state index contributed by atoms with van der Waals surface area (Å²) in [6.45, 7) is 8.68.